The van der Waals surface area contributed by atoms with Crippen molar-refractivity contribution >= 4 is 17.3 Å². The first kappa shape index (κ1) is 13.7. The first-order valence-corrected chi connectivity index (χ1v) is 7.08. The molecule has 1 fully saturated rings. The molecule has 0 aliphatic carbocycles. The molecule has 1 aromatic carbocycles. The largest absolute Gasteiger partial charge is 0.382 e. The zero-order chi connectivity index (χ0) is 12.8. The van der Waals surface area contributed by atoms with E-state index in [-0.39, 0.29) is 6.10 Å². The molecule has 2 rings (SSSR count). The van der Waals surface area contributed by atoms with Gasteiger partial charge in [-0.15, -0.1) is 11.6 Å². The highest BCUT2D eigenvalue weighted by Crippen LogP contribution is 2.12. The molecule has 1 aliphatic rings. The second-order valence-corrected chi connectivity index (χ2v) is 4.86. The van der Waals surface area contributed by atoms with E-state index in [4.69, 9.17) is 16.3 Å². The SMILES string of the molecule is CCN1CCOC(CNc2ccc(CCl)cc2)C1. The van der Waals surface area contributed by atoms with Crippen LogP contribution in [0.5, 0.6) is 0 Å². The molecule has 1 unspecified atom stereocenters. The first-order valence-electron chi connectivity index (χ1n) is 6.54. The average molecular weight is 269 g/mol. The average Bonchev–Trinajstić information content (AvgIpc) is 2.46. The van der Waals surface area contributed by atoms with Crippen molar-refractivity contribution in [1.29, 1.82) is 0 Å². The van der Waals surface area contributed by atoms with Crippen LogP contribution in [0.25, 0.3) is 0 Å². The molecule has 1 aromatic rings. The molecule has 1 N–H and O–H groups in total. The summed E-state index contributed by atoms with van der Waals surface area (Å²) in [6, 6.07) is 8.24. The molecule has 1 heterocycles. The molecule has 100 valence electrons. The van der Waals surface area contributed by atoms with Gasteiger partial charge in [0, 0.05) is 31.2 Å². The minimum absolute atomic E-state index is 0.284. The maximum absolute atomic E-state index is 5.76. The zero-order valence-electron chi connectivity index (χ0n) is 10.9. The fourth-order valence-electron chi connectivity index (χ4n) is 2.13. The third kappa shape index (κ3) is 3.87. The number of anilines is 1. The topological polar surface area (TPSA) is 24.5 Å². The van der Waals surface area contributed by atoms with E-state index in [1.165, 1.54) is 0 Å². The number of alkyl halides is 1. The van der Waals surface area contributed by atoms with Crippen molar-refractivity contribution in [2.75, 3.05) is 38.1 Å². The van der Waals surface area contributed by atoms with Gasteiger partial charge in [-0.25, -0.2) is 0 Å². The summed E-state index contributed by atoms with van der Waals surface area (Å²) < 4.78 is 5.75. The van der Waals surface area contributed by atoms with Crippen molar-refractivity contribution in [2.45, 2.75) is 18.9 Å². The number of nitrogens with one attached hydrogen (secondary N) is 1. The molecule has 3 nitrogen and oxygen atoms in total. The molecule has 0 radical (unpaired) electrons. The number of hydrogen-bond donors (Lipinski definition) is 1. The van der Waals surface area contributed by atoms with Gasteiger partial charge >= 0.3 is 0 Å². The van der Waals surface area contributed by atoms with E-state index < -0.39 is 0 Å². The number of likely N-dealkylation sites (N-methyl/N-ethyl adjacent to an activating group) is 1. The van der Waals surface area contributed by atoms with Crippen LogP contribution in [0, 0.1) is 0 Å². The highest BCUT2D eigenvalue weighted by Gasteiger charge is 2.18. The number of rotatable bonds is 5. The monoisotopic (exact) mass is 268 g/mol. The van der Waals surface area contributed by atoms with Crippen LogP contribution in [0.4, 0.5) is 5.69 Å². The Kier molecular flexibility index (Phi) is 5.29. The number of benzene rings is 1. The fraction of sp³-hybridized carbons (Fsp3) is 0.571. The Morgan fingerprint density at radius 3 is 2.83 bits per heavy atom. The molecule has 0 aromatic heterocycles. The van der Waals surface area contributed by atoms with E-state index in [9.17, 15) is 0 Å². The second-order valence-electron chi connectivity index (χ2n) is 4.60. The van der Waals surface area contributed by atoms with E-state index in [1.54, 1.807) is 0 Å². The Labute approximate surface area is 114 Å². The second kappa shape index (κ2) is 6.98. The molecule has 0 spiro atoms. The Bertz CT molecular complexity index is 355. The number of hydrogen-bond acceptors (Lipinski definition) is 3. The minimum atomic E-state index is 0.284. The quantitative estimate of drug-likeness (QED) is 0.831. The van der Waals surface area contributed by atoms with Crippen LogP contribution in [0.2, 0.25) is 0 Å². The van der Waals surface area contributed by atoms with Crippen LogP contribution in [0.15, 0.2) is 24.3 Å². The molecular formula is C14H21ClN2O. The number of nitrogens with zero attached hydrogens (tertiary/aromatic N) is 1. The molecule has 4 heteroatoms. The lowest BCUT2D eigenvalue weighted by molar-refractivity contribution is -0.0191. The van der Waals surface area contributed by atoms with Crippen molar-refractivity contribution in [3.63, 3.8) is 0 Å². The van der Waals surface area contributed by atoms with Crippen LogP contribution in [-0.2, 0) is 10.6 Å². The third-order valence-electron chi connectivity index (χ3n) is 3.31. The highest BCUT2D eigenvalue weighted by atomic mass is 35.5. The van der Waals surface area contributed by atoms with Gasteiger partial charge in [0.05, 0.1) is 12.7 Å². The van der Waals surface area contributed by atoms with Gasteiger partial charge in [0.1, 0.15) is 0 Å². The van der Waals surface area contributed by atoms with E-state index >= 15 is 0 Å². The Hall–Kier alpha value is -0.770. The Morgan fingerprint density at radius 2 is 2.17 bits per heavy atom. The first-order chi connectivity index (χ1) is 8.81. The lowest BCUT2D eigenvalue weighted by Gasteiger charge is -2.32. The highest BCUT2D eigenvalue weighted by molar-refractivity contribution is 6.17. The van der Waals surface area contributed by atoms with Crippen molar-refractivity contribution in [3.05, 3.63) is 29.8 Å². The summed E-state index contributed by atoms with van der Waals surface area (Å²) >= 11 is 5.76. The van der Waals surface area contributed by atoms with Crippen molar-refractivity contribution < 1.29 is 4.74 Å². The molecule has 1 atom stereocenters. The van der Waals surface area contributed by atoms with Crippen LogP contribution < -0.4 is 5.32 Å². The summed E-state index contributed by atoms with van der Waals surface area (Å²) in [6.07, 6.45) is 0.284. The Balaban J connectivity index is 1.79. The number of halogens is 1. The normalized spacial score (nSPS) is 20.9. The van der Waals surface area contributed by atoms with Crippen molar-refractivity contribution in [3.8, 4) is 0 Å². The maximum atomic E-state index is 5.76. The van der Waals surface area contributed by atoms with Gasteiger partial charge in [0.15, 0.2) is 0 Å². The van der Waals surface area contributed by atoms with Gasteiger partial charge < -0.3 is 10.1 Å². The number of morpholine rings is 1. The lowest BCUT2D eigenvalue weighted by atomic mass is 10.2. The fourth-order valence-corrected chi connectivity index (χ4v) is 2.31. The number of ether oxygens (including phenoxy) is 1. The van der Waals surface area contributed by atoms with Crippen LogP contribution in [-0.4, -0.2) is 43.8 Å². The summed E-state index contributed by atoms with van der Waals surface area (Å²) in [6.45, 7) is 7.06. The summed E-state index contributed by atoms with van der Waals surface area (Å²) in [5.74, 6) is 0.567. The van der Waals surface area contributed by atoms with E-state index in [2.05, 4.69) is 41.4 Å². The van der Waals surface area contributed by atoms with Gasteiger partial charge in [-0.3, -0.25) is 4.90 Å². The van der Waals surface area contributed by atoms with E-state index in [1.807, 2.05) is 0 Å². The maximum Gasteiger partial charge on any atom is 0.0874 e. The van der Waals surface area contributed by atoms with Gasteiger partial charge in [-0.1, -0.05) is 19.1 Å². The van der Waals surface area contributed by atoms with Crippen LogP contribution in [0.1, 0.15) is 12.5 Å². The smallest absolute Gasteiger partial charge is 0.0874 e. The molecule has 1 aliphatic heterocycles. The summed E-state index contributed by atoms with van der Waals surface area (Å²) in [5, 5.41) is 3.42. The molecule has 0 saturated carbocycles. The predicted octanol–water partition coefficient (Wildman–Crippen LogP) is 2.56. The van der Waals surface area contributed by atoms with Crippen LogP contribution >= 0.6 is 11.6 Å². The summed E-state index contributed by atoms with van der Waals surface area (Å²) in [4.78, 5) is 2.42. The zero-order valence-corrected chi connectivity index (χ0v) is 11.6. The minimum Gasteiger partial charge on any atom is -0.382 e. The van der Waals surface area contributed by atoms with E-state index in [0.717, 1.165) is 44.0 Å². The predicted molar refractivity (Wildman–Crippen MR) is 76.3 cm³/mol. The van der Waals surface area contributed by atoms with Crippen molar-refractivity contribution in [2.24, 2.45) is 0 Å². The Morgan fingerprint density at radius 1 is 1.39 bits per heavy atom. The molecule has 0 amide bonds. The summed E-state index contributed by atoms with van der Waals surface area (Å²) in [7, 11) is 0. The molecule has 18 heavy (non-hydrogen) atoms. The summed E-state index contributed by atoms with van der Waals surface area (Å²) in [5.41, 5.74) is 2.27. The lowest BCUT2D eigenvalue weighted by Crippen LogP contribution is -2.45. The van der Waals surface area contributed by atoms with Crippen molar-refractivity contribution in [1.82, 2.24) is 4.90 Å². The molecule has 1 saturated heterocycles. The van der Waals surface area contributed by atoms with E-state index in [0.29, 0.717) is 5.88 Å². The third-order valence-corrected chi connectivity index (χ3v) is 3.62. The standard InChI is InChI=1S/C14H21ClN2O/c1-2-17-7-8-18-14(11-17)10-16-13-5-3-12(9-15)4-6-13/h3-6,14,16H,2,7-11H2,1H3. The molecule has 0 bridgehead atoms. The molecular weight excluding hydrogens is 248 g/mol. The van der Waals surface area contributed by atoms with Gasteiger partial charge in [-0.05, 0) is 24.2 Å². The van der Waals surface area contributed by atoms with Gasteiger partial charge in [0.2, 0.25) is 0 Å². The van der Waals surface area contributed by atoms with Gasteiger partial charge in [0.25, 0.3) is 0 Å². The van der Waals surface area contributed by atoms with Gasteiger partial charge in [-0.2, -0.15) is 0 Å². The van der Waals surface area contributed by atoms with Crippen LogP contribution in [0.3, 0.4) is 0 Å².